The van der Waals surface area contributed by atoms with Crippen molar-refractivity contribution in [1.82, 2.24) is 4.98 Å². The van der Waals surface area contributed by atoms with Gasteiger partial charge in [0.25, 0.3) is 0 Å². The van der Waals surface area contributed by atoms with E-state index in [2.05, 4.69) is 4.98 Å². The van der Waals surface area contributed by atoms with Crippen LogP contribution in [-0.4, -0.2) is 16.6 Å². The van der Waals surface area contributed by atoms with Crippen LogP contribution in [0.15, 0.2) is 24.5 Å². The molecular formula is C17H24N2O. The van der Waals surface area contributed by atoms with E-state index in [1.165, 1.54) is 19.3 Å². The molecule has 4 bridgehead atoms. The largest absolute Gasteiger partial charge is 0.383 e. The van der Waals surface area contributed by atoms with Crippen molar-refractivity contribution >= 4 is 0 Å². The van der Waals surface area contributed by atoms with Gasteiger partial charge in [-0.15, -0.1) is 0 Å². The normalized spacial score (nSPS) is 41.6. The Balaban J connectivity index is 1.77. The first-order chi connectivity index (χ1) is 9.65. The molecule has 4 fully saturated rings. The highest BCUT2D eigenvalue weighted by atomic mass is 16.3. The van der Waals surface area contributed by atoms with Crippen LogP contribution in [0.1, 0.15) is 44.1 Å². The summed E-state index contributed by atoms with van der Waals surface area (Å²) in [5.41, 5.74) is 6.20. The van der Waals surface area contributed by atoms with Crippen molar-refractivity contribution < 1.29 is 5.11 Å². The standard InChI is InChI=1S/C17H24N2O/c18-11-17(20,15-1-3-19-4-2-15)16-8-12-5-13(9-16)7-14(6-12)10-16/h1-4,12-14,20H,5-11,18H2. The summed E-state index contributed by atoms with van der Waals surface area (Å²) in [7, 11) is 0. The molecule has 4 aliphatic rings. The second-order valence-electron chi connectivity index (χ2n) is 7.50. The minimum Gasteiger partial charge on any atom is -0.383 e. The second kappa shape index (κ2) is 4.28. The van der Waals surface area contributed by atoms with Crippen molar-refractivity contribution in [3.8, 4) is 0 Å². The van der Waals surface area contributed by atoms with Gasteiger partial charge in [-0.1, -0.05) is 0 Å². The summed E-state index contributed by atoms with van der Waals surface area (Å²) in [5, 5.41) is 11.5. The van der Waals surface area contributed by atoms with Crippen molar-refractivity contribution in [2.24, 2.45) is 28.9 Å². The minimum atomic E-state index is -0.869. The fourth-order valence-electron chi connectivity index (χ4n) is 5.89. The van der Waals surface area contributed by atoms with Crippen molar-refractivity contribution in [2.45, 2.75) is 44.1 Å². The third kappa shape index (κ3) is 1.63. The minimum absolute atomic E-state index is 0.0118. The van der Waals surface area contributed by atoms with E-state index in [-0.39, 0.29) is 5.41 Å². The van der Waals surface area contributed by atoms with Crippen LogP contribution < -0.4 is 5.73 Å². The molecular weight excluding hydrogens is 248 g/mol. The van der Waals surface area contributed by atoms with Crippen LogP contribution in [0, 0.1) is 23.2 Å². The van der Waals surface area contributed by atoms with Gasteiger partial charge >= 0.3 is 0 Å². The molecule has 0 radical (unpaired) electrons. The molecule has 4 aliphatic carbocycles. The number of rotatable bonds is 3. The van der Waals surface area contributed by atoms with Crippen LogP contribution in [0.2, 0.25) is 0 Å². The zero-order valence-electron chi connectivity index (χ0n) is 12.0. The number of hydrogen-bond donors (Lipinski definition) is 2. The predicted molar refractivity (Wildman–Crippen MR) is 77.8 cm³/mol. The Hall–Kier alpha value is -0.930. The molecule has 3 N–H and O–H groups in total. The van der Waals surface area contributed by atoms with Crippen molar-refractivity contribution in [3.63, 3.8) is 0 Å². The fraction of sp³-hybridized carbons (Fsp3) is 0.706. The Kier molecular flexibility index (Phi) is 2.74. The molecule has 0 saturated heterocycles. The molecule has 20 heavy (non-hydrogen) atoms. The first-order valence-corrected chi connectivity index (χ1v) is 7.98. The van der Waals surface area contributed by atoms with E-state index < -0.39 is 5.60 Å². The third-order valence-corrected chi connectivity index (χ3v) is 6.37. The summed E-state index contributed by atoms with van der Waals surface area (Å²) < 4.78 is 0. The fourth-order valence-corrected chi connectivity index (χ4v) is 5.89. The molecule has 1 aromatic heterocycles. The number of hydrogen-bond acceptors (Lipinski definition) is 3. The highest BCUT2D eigenvalue weighted by Crippen LogP contribution is 2.65. The van der Waals surface area contributed by atoms with E-state index in [9.17, 15) is 5.11 Å². The van der Waals surface area contributed by atoms with Gasteiger partial charge in [0.05, 0.1) is 0 Å². The Bertz CT molecular complexity index is 466. The quantitative estimate of drug-likeness (QED) is 0.888. The first-order valence-electron chi connectivity index (χ1n) is 7.98. The molecule has 1 aromatic rings. The zero-order chi connectivity index (χ0) is 13.8. The Morgan fingerprint density at radius 3 is 2.05 bits per heavy atom. The average molecular weight is 272 g/mol. The van der Waals surface area contributed by atoms with Crippen LogP contribution in [0.5, 0.6) is 0 Å². The van der Waals surface area contributed by atoms with E-state index in [0.29, 0.717) is 6.54 Å². The predicted octanol–water partition coefficient (Wildman–Crippen LogP) is 2.44. The van der Waals surface area contributed by atoms with Gasteiger partial charge in [0.15, 0.2) is 0 Å². The van der Waals surface area contributed by atoms with E-state index in [1.807, 2.05) is 12.1 Å². The van der Waals surface area contributed by atoms with Crippen LogP contribution in [0.25, 0.3) is 0 Å². The van der Waals surface area contributed by atoms with Crippen molar-refractivity contribution in [2.75, 3.05) is 6.54 Å². The molecule has 5 rings (SSSR count). The summed E-state index contributed by atoms with van der Waals surface area (Å²) in [6, 6.07) is 3.90. The van der Waals surface area contributed by atoms with E-state index in [1.54, 1.807) is 12.4 Å². The lowest BCUT2D eigenvalue weighted by atomic mass is 9.44. The Labute approximate surface area is 120 Å². The third-order valence-electron chi connectivity index (χ3n) is 6.37. The smallest absolute Gasteiger partial charge is 0.107 e. The van der Waals surface area contributed by atoms with Gasteiger partial charge in [0.1, 0.15) is 5.60 Å². The second-order valence-corrected chi connectivity index (χ2v) is 7.50. The average Bonchev–Trinajstić information content (AvgIpc) is 2.46. The van der Waals surface area contributed by atoms with Crippen LogP contribution in [0.3, 0.4) is 0 Å². The van der Waals surface area contributed by atoms with Gasteiger partial charge in [-0.2, -0.15) is 0 Å². The van der Waals surface area contributed by atoms with E-state index >= 15 is 0 Å². The topological polar surface area (TPSA) is 59.1 Å². The van der Waals surface area contributed by atoms with Gasteiger partial charge < -0.3 is 10.8 Å². The molecule has 3 nitrogen and oxygen atoms in total. The molecule has 108 valence electrons. The number of pyridine rings is 1. The summed E-state index contributed by atoms with van der Waals surface area (Å²) in [4.78, 5) is 4.09. The molecule has 1 unspecified atom stereocenters. The van der Waals surface area contributed by atoms with Crippen molar-refractivity contribution in [1.29, 1.82) is 0 Å². The molecule has 0 aliphatic heterocycles. The maximum absolute atomic E-state index is 11.5. The van der Waals surface area contributed by atoms with Gasteiger partial charge in [0.2, 0.25) is 0 Å². The molecule has 0 aromatic carbocycles. The lowest BCUT2D eigenvalue weighted by Gasteiger charge is -2.62. The van der Waals surface area contributed by atoms with Crippen LogP contribution >= 0.6 is 0 Å². The SMILES string of the molecule is NCC(O)(c1ccncc1)C12CC3CC(CC(C3)C1)C2. The zero-order valence-corrected chi connectivity index (χ0v) is 12.0. The number of nitrogens with zero attached hydrogens (tertiary/aromatic N) is 1. The molecule has 1 heterocycles. The molecule has 0 spiro atoms. The molecule has 4 saturated carbocycles. The summed E-state index contributed by atoms with van der Waals surface area (Å²) in [6.07, 6.45) is 11.2. The van der Waals surface area contributed by atoms with Gasteiger partial charge in [0, 0.05) is 24.4 Å². The lowest BCUT2D eigenvalue weighted by Crippen LogP contribution is -2.59. The monoisotopic (exact) mass is 272 g/mol. The maximum atomic E-state index is 11.5. The van der Waals surface area contributed by atoms with E-state index in [4.69, 9.17) is 5.73 Å². The van der Waals surface area contributed by atoms with E-state index in [0.717, 1.165) is 42.6 Å². The summed E-state index contributed by atoms with van der Waals surface area (Å²) in [5.74, 6) is 2.46. The number of aromatic nitrogens is 1. The van der Waals surface area contributed by atoms with Gasteiger partial charge in [-0.3, -0.25) is 4.98 Å². The molecule has 1 atom stereocenters. The summed E-state index contributed by atoms with van der Waals surface area (Å²) in [6.45, 7) is 0.323. The molecule has 0 amide bonds. The number of nitrogens with two attached hydrogens (primary N) is 1. The number of aliphatic hydroxyl groups is 1. The van der Waals surface area contributed by atoms with Gasteiger partial charge in [-0.25, -0.2) is 0 Å². The maximum Gasteiger partial charge on any atom is 0.107 e. The highest BCUT2D eigenvalue weighted by Gasteiger charge is 2.60. The van der Waals surface area contributed by atoms with Crippen molar-refractivity contribution in [3.05, 3.63) is 30.1 Å². The van der Waals surface area contributed by atoms with Gasteiger partial charge in [-0.05, 0) is 74.0 Å². The Morgan fingerprint density at radius 1 is 1.10 bits per heavy atom. The van der Waals surface area contributed by atoms with Crippen LogP contribution in [-0.2, 0) is 5.60 Å². The first kappa shape index (κ1) is 12.8. The lowest BCUT2D eigenvalue weighted by molar-refractivity contribution is -0.180. The molecule has 3 heteroatoms. The Morgan fingerprint density at radius 2 is 1.60 bits per heavy atom. The highest BCUT2D eigenvalue weighted by molar-refractivity contribution is 5.26. The van der Waals surface area contributed by atoms with Crippen LogP contribution in [0.4, 0.5) is 0 Å². The summed E-state index contributed by atoms with van der Waals surface area (Å²) >= 11 is 0.